The molecule has 74 valence electrons. The highest BCUT2D eigenvalue weighted by Crippen LogP contribution is 2.21. The fourth-order valence-corrected chi connectivity index (χ4v) is 1.54. The summed E-state index contributed by atoms with van der Waals surface area (Å²) in [5.41, 5.74) is 0. The predicted octanol–water partition coefficient (Wildman–Crippen LogP) is 2.24. The zero-order valence-electron chi connectivity index (χ0n) is 7.53. The van der Waals surface area contributed by atoms with Crippen molar-refractivity contribution in [1.82, 2.24) is 0 Å². The number of thiophene rings is 1. The Morgan fingerprint density at radius 2 is 2.50 bits per heavy atom. The molecule has 1 aromatic rings. The Kier molecular flexibility index (Phi) is 4.02. The highest BCUT2D eigenvalue weighted by atomic mass is 32.1. The molecule has 0 atom stereocenters. The number of carboxylic acids is 1. The maximum absolute atomic E-state index is 10.5. The Hall–Kier alpha value is -1.47. The largest absolute Gasteiger partial charge is 0.493 e. The van der Waals surface area contributed by atoms with Gasteiger partial charge in [-0.2, -0.15) is 0 Å². The van der Waals surface area contributed by atoms with Crippen LogP contribution in [0, 0.1) is 12.3 Å². The van der Waals surface area contributed by atoms with E-state index in [2.05, 4.69) is 5.92 Å². The normalized spacial score (nSPS) is 9.36. The lowest BCUT2D eigenvalue weighted by Gasteiger charge is -1.99. The van der Waals surface area contributed by atoms with Crippen molar-refractivity contribution in [2.24, 2.45) is 0 Å². The summed E-state index contributed by atoms with van der Waals surface area (Å²) in [4.78, 5) is 10.8. The average Bonchev–Trinajstić information content (AvgIpc) is 2.61. The molecule has 14 heavy (non-hydrogen) atoms. The highest BCUT2D eigenvalue weighted by Gasteiger charge is 2.06. The Morgan fingerprint density at radius 1 is 1.71 bits per heavy atom. The number of carbonyl (C=O) groups is 1. The van der Waals surface area contributed by atoms with Gasteiger partial charge in [-0.3, -0.25) is 0 Å². The van der Waals surface area contributed by atoms with Gasteiger partial charge >= 0.3 is 5.97 Å². The van der Waals surface area contributed by atoms with Gasteiger partial charge < -0.3 is 9.84 Å². The molecule has 1 N–H and O–H groups in total. The molecule has 0 amide bonds. The van der Waals surface area contributed by atoms with Gasteiger partial charge in [0.2, 0.25) is 0 Å². The van der Waals surface area contributed by atoms with Crippen molar-refractivity contribution in [2.45, 2.75) is 12.8 Å². The summed E-state index contributed by atoms with van der Waals surface area (Å²) in [5, 5.41) is 10.3. The molecular weight excluding hydrogens is 200 g/mol. The number of ether oxygens (including phenoxy) is 1. The molecular formula is C10H10O3S. The van der Waals surface area contributed by atoms with Crippen molar-refractivity contribution < 1.29 is 14.6 Å². The molecule has 0 aliphatic heterocycles. The van der Waals surface area contributed by atoms with E-state index in [1.165, 1.54) is 6.07 Å². The van der Waals surface area contributed by atoms with Crippen LogP contribution in [0.1, 0.15) is 22.5 Å². The fourth-order valence-electron chi connectivity index (χ4n) is 0.871. The predicted molar refractivity (Wildman–Crippen MR) is 54.8 cm³/mol. The standard InChI is InChI=1S/C10H10O3S/c1-2-3-4-5-13-8-6-9(10(11)12)14-7-8/h1,6-7H,3-5H2,(H,11,12). The van der Waals surface area contributed by atoms with Crippen molar-refractivity contribution in [2.75, 3.05) is 6.61 Å². The van der Waals surface area contributed by atoms with E-state index in [9.17, 15) is 4.79 Å². The molecule has 1 heterocycles. The van der Waals surface area contributed by atoms with Crippen LogP contribution in [0.15, 0.2) is 11.4 Å². The van der Waals surface area contributed by atoms with Crippen LogP contribution in [0.2, 0.25) is 0 Å². The Morgan fingerprint density at radius 3 is 3.07 bits per heavy atom. The number of unbranched alkanes of at least 4 members (excludes halogenated alkanes) is 1. The molecule has 0 unspecified atom stereocenters. The average molecular weight is 210 g/mol. The lowest BCUT2D eigenvalue weighted by Crippen LogP contribution is -1.95. The first-order valence-corrected chi connectivity index (χ1v) is 5.00. The molecule has 0 saturated heterocycles. The second kappa shape index (κ2) is 5.30. The van der Waals surface area contributed by atoms with Gasteiger partial charge in [-0.05, 0) is 6.42 Å². The van der Waals surface area contributed by atoms with E-state index in [4.69, 9.17) is 16.3 Å². The number of rotatable bonds is 5. The minimum absolute atomic E-state index is 0.289. The molecule has 0 aromatic carbocycles. The third kappa shape index (κ3) is 3.11. The van der Waals surface area contributed by atoms with Crippen LogP contribution >= 0.6 is 11.3 Å². The van der Waals surface area contributed by atoms with Gasteiger partial charge in [0.05, 0.1) is 6.61 Å². The van der Waals surface area contributed by atoms with E-state index in [0.717, 1.165) is 17.8 Å². The van der Waals surface area contributed by atoms with Gasteiger partial charge in [0, 0.05) is 17.9 Å². The van der Waals surface area contributed by atoms with Crippen LogP contribution in [0.3, 0.4) is 0 Å². The molecule has 0 radical (unpaired) electrons. The fraction of sp³-hybridized carbons (Fsp3) is 0.300. The van der Waals surface area contributed by atoms with Crippen LogP contribution in [0.5, 0.6) is 5.75 Å². The Labute approximate surface area is 86.3 Å². The number of hydrogen-bond donors (Lipinski definition) is 1. The quantitative estimate of drug-likeness (QED) is 0.599. The zero-order valence-corrected chi connectivity index (χ0v) is 8.34. The van der Waals surface area contributed by atoms with Gasteiger partial charge in [-0.25, -0.2) is 4.79 Å². The maximum atomic E-state index is 10.5. The minimum Gasteiger partial charge on any atom is -0.493 e. The summed E-state index contributed by atoms with van der Waals surface area (Å²) < 4.78 is 5.29. The zero-order chi connectivity index (χ0) is 10.4. The van der Waals surface area contributed by atoms with Crippen LogP contribution < -0.4 is 4.74 Å². The molecule has 1 rings (SSSR count). The molecule has 4 heteroatoms. The first-order valence-electron chi connectivity index (χ1n) is 4.12. The van der Waals surface area contributed by atoms with Gasteiger partial charge in [0.25, 0.3) is 0 Å². The monoisotopic (exact) mass is 210 g/mol. The van der Waals surface area contributed by atoms with Crippen LogP contribution in [-0.2, 0) is 0 Å². The van der Waals surface area contributed by atoms with Crippen LogP contribution in [0.4, 0.5) is 0 Å². The summed E-state index contributed by atoms with van der Waals surface area (Å²) in [5.74, 6) is 2.18. The Balaban J connectivity index is 2.37. The topological polar surface area (TPSA) is 46.5 Å². The Bertz CT molecular complexity index is 348. The molecule has 0 saturated carbocycles. The summed E-state index contributed by atoms with van der Waals surface area (Å²) in [6.07, 6.45) is 6.53. The second-order valence-electron chi connectivity index (χ2n) is 2.61. The van der Waals surface area contributed by atoms with E-state index in [-0.39, 0.29) is 4.88 Å². The number of aromatic carboxylic acids is 1. The van der Waals surface area contributed by atoms with Crippen molar-refractivity contribution >= 4 is 17.3 Å². The van der Waals surface area contributed by atoms with Crippen molar-refractivity contribution in [1.29, 1.82) is 0 Å². The summed E-state index contributed by atoms with van der Waals surface area (Å²) in [6.45, 7) is 0.528. The van der Waals surface area contributed by atoms with Gasteiger partial charge in [-0.15, -0.1) is 23.7 Å². The minimum atomic E-state index is -0.923. The van der Waals surface area contributed by atoms with Gasteiger partial charge in [0.15, 0.2) is 0 Å². The smallest absolute Gasteiger partial charge is 0.346 e. The van der Waals surface area contributed by atoms with E-state index in [0.29, 0.717) is 18.8 Å². The number of hydrogen-bond acceptors (Lipinski definition) is 3. The molecule has 0 aliphatic carbocycles. The lowest BCUT2D eigenvalue weighted by molar-refractivity contribution is 0.0702. The van der Waals surface area contributed by atoms with Crippen molar-refractivity contribution in [3.8, 4) is 18.1 Å². The molecule has 0 bridgehead atoms. The van der Waals surface area contributed by atoms with E-state index in [1.807, 2.05) is 0 Å². The highest BCUT2D eigenvalue weighted by molar-refractivity contribution is 7.12. The SMILES string of the molecule is C#CCCCOc1csc(C(=O)O)c1. The van der Waals surface area contributed by atoms with E-state index in [1.54, 1.807) is 5.38 Å². The molecule has 0 fully saturated rings. The van der Waals surface area contributed by atoms with Crippen LogP contribution in [-0.4, -0.2) is 17.7 Å². The van der Waals surface area contributed by atoms with Gasteiger partial charge in [-0.1, -0.05) is 0 Å². The van der Waals surface area contributed by atoms with Crippen LogP contribution in [0.25, 0.3) is 0 Å². The van der Waals surface area contributed by atoms with E-state index < -0.39 is 5.97 Å². The molecule has 0 spiro atoms. The first kappa shape index (κ1) is 10.6. The molecule has 0 aliphatic rings. The number of terminal acetylenes is 1. The third-order valence-corrected chi connectivity index (χ3v) is 2.42. The molecule has 3 nitrogen and oxygen atoms in total. The van der Waals surface area contributed by atoms with Crippen molar-refractivity contribution in [3.63, 3.8) is 0 Å². The second-order valence-corrected chi connectivity index (χ2v) is 3.52. The summed E-state index contributed by atoms with van der Waals surface area (Å²) in [7, 11) is 0. The van der Waals surface area contributed by atoms with Crippen molar-refractivity contribution in [3.05, 3.63) is 16.3 Å². The maximum Gasteiger partial charge on any atom is 0.346 e. The van der Waals surface area contributed by atoms with Gasteiger partial charge in [0.1, 0.15) is 10.6 Å². The third-order valence-electron chi connectivity index (χ3n) is 1.52. The van der Waals surface area contributed by atoms with E-state index >= 15 is 0 Å². The molecule has 1 aromatic heterocycles. The number of carboxylic acid groups (broad SMARTS) is 1. The lowest BCUT2D eigenvalue weighted by atomic mass is 10.3. The first-order chi connectivity index (χ1) is 6.74. The summed E-state index contributed by atoms with van der Waals surface area (Å²) in [6, 6.07) is 1.52. The summed E-state index contributed by atoms with van der Waals surface area (Å²) >= 11 is 1.16.